The fourth-order valence-corrected chi connectivity index (χ4v) is 2.90. The second-order valence-corrected chi connectivity index (χ2v) is 8.14. The van der Waals surface area contributed by atoms with E-state index >= 15 is 0 Å². The monoisotopic (exact) mass is 435 g/mol. The van der Waals surface area contributed by atoms with Gasteiger partial charge in [0.2, 0.25) is 0 Å². The lowest BCUT2D eigenvalue weighted by Crippen LogP contribution is -2.27. The summed E-state index contributed by atoms with van der Waals surface area (Å²) in [5.74, 6) is -0.429. The van der Waals surface area contributed by atoms with Gasteiger partial charge in [-0.2, -0.15) is 0 Å². The highest BCUT2D eigenvalue weighted by atomic mass is 16.6. The van der Waals surface area contributed by atoms with Crippen LogP contribution in [0.3, 0.4) is 0 Å². The zero-order valence-electron chi connectivity index (χ0n) is 18.6. The molecule has 1 amide bonds. The Morgan fingerprint density at radius 1 is 1.09 bits per heavy atom. The first-order chi connectivity index (χ1) is 15.1. The van der Waals surface area contributed by atoms with Crippen LogP contribution in [0.1, 0.15) is 48.0 Å². The molecule has 0 unspecified atom stereocenters. The molecule has 0 radical (unpaired) electrons. The highest BCUT2D eigenvalue weighted by Gasteiger charge is 2.20. The van der Waals surface area contributed by atoms with Crippen LogP contribution in [0.15, 0.2) is 48.7 Å². The minimum absolute atomic E-state index is 0.0946. The molecule has 0 bridgehead atoms. The number of aryl methyl sites for hydroxylation is 1. The largest absolute Gasteiger partial charge is 0.465 e. The summed E-state index contributed by atoms with van der Waals surface area (Å²) in [5.41, 5.74) is 2.70. The quantitative estimate of drug-likeness (QED) is 0.459. The molecule has 0 saturated heterocycles. The third kappa shape index (κ3) is 5.37. The molecule has 1 aromatic heterocycles. The van der Waals surface area contributed by atoms with Crippen molar-refractivity contribution in [2.45, 2.75) is 33.3 Å². The van der Waals surface area contributed by atoms with Crippen molar-refractivity contribution in [3.05, 3.63) is 71.0 Å². The molecule has 0 aliphatic rings. The van der Waals surface area contributed by atoms with Crippen molar-refractivity contribution in [3.8, 4) is 5.69 Å². The Balaban J connectivity index is 1.85. The molecule has 3 aromatic rings. The van der Waals surface area contributed by atoms with E-state index in [2.05, 4.69) is 15.6 Å². The van der Waals surface area contributed by atoms with E-state index in [4.69, 9.17) is 14.9 Å². The molecule has 0 aliphatic heterocycles. The zero-order chi connectivity index (χ0) is 23.5. The van der Waals surface area contributed by atoms with Crippen molar-refractivity contribution in [2.75, 3.05) is 12.4 Å². The first-order valence-corrected chi connectivity index (χ1v) is 9.88. The van der Waals surface area contributed by atoms with Crippen LogP contribution in [0.2, 0.25) is 0 Å². The van der Waals surface area contributed by atoms with Gasteiger partial charge in [-0.1, -0.05) is 16.8 Å². The van der Waals surface area contributed by atoms with Gasteiger partial charge in [-0.25, -0.2) is 14.3 Å². The molecule has 0 aliphatic carbocycles. The zero-order valence-corrected chi connectivity index (χ0v) is 18.6. The summed E-state index contributed by atoms with van der Waals surface area (Å²) >= 11 is 0. The molecule has 0 atom stereocenters. The van der Waals surface area contributed by atoms with Crippen LogP contribution in [0.4, 0.5) is 10.5 Å². The van der Waals surface area contributed by atoms with Crippen molar-refractivity contribution in [3.63, 3.8) is 0 Å². The van der Waals surface area contributed by atoms with Gasteiger partial charge in [-0.05, 0) is 64.1 Å². The number of esters is 1. The normalized spacial score (nSPS) is 11.0. The Bertz CT molecular complexity index is 1160. The number of benzene rings is 2. The number of rotatable bonds is 5. The minimum atomic E-state index is -0.644. The van der Waals surface area contributed by atoms with Gasteiger partial charge in [0.25, 0.3) is 0 Å². The average Bonchev–Trinajstić information content (AvgIpc) is 3.23. The topological polar surface area (TPSA) is 119 Å². The number of ether oxygens (including phenoxy) is 2. The highest BCUT2D eigenvalue weighted by Crippen LogP contribution is 2.22. The number of carbonyl (C=O) groups is 2. The summed E-state index contributed by atoms with van der Waals surface area (Å²) in [4.78, 5) is 23.8. The molecule has 2 N–H and O–H groups in total. The van der Waals surface area contributed by atoms with Gasteiger partial charge in [0.1, 0.15) is 11.3 Å². The van der Waals surface area contributed by atoms with Gasteiger partial charge >= 0.3 is 12.1 Å². The second kappa shape index (κ2) is 9.01. The SMILES string of the molecule is COC(=O)c1ccc(-n2cc(C(=N)c3cc(C)ccc3NC(=O)OC(C)(C)C)nn2)cc1. The van der Waals surface area contributed by atoms with Gasteiger partial charge in [0, 0.05) is 5.56 Å². The maximum atomic E-state index is 12.2. The Morgan fingerprint density at radius 2 is 1.78 bits per heavy atom. The number of nitrogens with zero attached hydrogens (tertiary/aromatic N) is 3. The summed E-state index contributed by atoms with van der Waals surface area (Å²) in [6.07, 6.45) is 1.000. The first kappa shape index (κ1) is 22.7. The molecule has 166 valence electrons. The maximum Gasteiger partial charge on any atom is 0.412 e. The van der Waals surface area contributed by atoms with Crippen molar-refractivity contribution in [1.29, 1.82) is 5.41 Å². The first-order valence-electron chi connectivity index (χ1n) is 9.88. The molecule has 2 aromatic carbocycles. The number of nitrogens with one attached hydrogen (secondary N) is 2. The Morgan fingerprint density at radius 3 is 2.41 bits per heavy atom. The van der Waals surface area contributed by atoms with Gasteiger partial charge in [0.05, 0.1) is 36.0 Å². The number of hydrogen-bond acceptors (Lipinski definition) is 7. The van der Waals surface area contributed by atoms with Crippen LogP contribution in [0, 0.1) is 12.3 Å². The van der Waals surface area contributed by atoms with Crippen LogP contribution in [0.5, 0.6) is 0 Å². The smallest absolute Gasteiger partial charge is 0.412 e. The summed E-state index contributed by atoms with van der Waals surface area (Å²) in [6.45, 7) is 7.23. The maximum absolute atomic E-state index is 12.2. The van der Waals surface area contributed by atoms with Crippen LogP contribution in [0.25, 0.3) is 5.69 Å². The van der Waals surface area contributed by atoms with E-state index in [1.807, 2.05) is 13.0 Å². The molecule has 9 nitrogen and oxygen atoms in total. The Hall–Kier alpha value is -4.01. The minimum Gasteiger partial charge on any atom is -0.465 e. The van der Waals surface area contributed by atoms with E-state index in [0.717, 1.165) is 5.56 Å². The molecule has 0 fully saturated rings. The molecular weight excluding hydrogens is 410 g/mol. The van der Waals surface area contributed by atoms with Gasteiger partial charge in [-0.15, -0.1) is 5.10 Å². The van der Waals surface area contributed by atoms with E-state index in [0.29, 0.717) is 28.2 Å². The van der Waals surface area contributed by atoms with E-state index in [9.17, 15) is 9.59 Å². The average molecular weight is 435 g/mol. The summed E-state index contributed by atoms with van der Waals surface area (Å²) < 4.78 is 11.5. The van der Waals surface area contributed by atoms with Gasteiger partial charge < -0.3 is 9.47 Å². The lowest BCUT2D eigenvalue weighted by atomic mass is 10.0. The fourth-order valence-electron chi connectivity index (χ4n) is 2.90. The lowest BCUT2D eigenvalue weighted by Gasteiger charge is -2.20. The Labute approximate surface area is 185 Å². The standard InChI is InChI=1S/C23H25N5O4/c1-14-6-11-18(25-22(30)32-23(2,3)4)17(12-14)20(24)19-13-28(27-26-19)16-9-7-15(8-10-16)21(29)31-5/h6-13,24H,1-5H3,(H,25,30). The van der Waals surface area contributed by atoms with Crippen LogP contribution in [-0.4, -0.2) is 45.5 Å². The van der Waals surface area contributed by atoms with E-state index in [1.165, 1.54) is 11.8 Å². The van der Waals surface area contributed by atoms with E-state index in [1.54, 1.807) is 63.4 Å². The summed E-state index contributed by atoms with van der Waals surface area (Å²) in [6, 6.07) is 12.0. The predicted octanol–water partition coefficient (Wildman–Crippen LogP) is 4.13. The van der Waals surface area contributed by atoms with Gasteiger partial charge in [-0.3, -0.25) is 10.7 Å². The van der Waals surface area contributed by atoms with Crippen molar-refractivity contribution < 1.29 is 19.1 Å². The molecule has 1 heterocycles. The molecular formula is C23H25N5O4. The van der Waals surface area contributed by atoms with Crippen molar-refractivity contribution in [1.82, 2.24) is 15.0 Å². The molecule has 9 heteroatoms. The van der Waals surface area contributed by atoms with Gasteiger partial charge in [0.15, 0.2) is 0 Å². The molecule has 3 rings (SSSR count). The van der Waals surface area contributed by atoms with Crippen molar-refractivity contribution in [2.24, 2.45) is 0 Å². The number of methoxy groups -OCH3 is 1. The number of carbonyl (C=O) groups excluding carboxylic acids is 2. The number of hydrogen-bond donors (Lipinski definition) is 2. The lowest BCUT2D eigenvalue weighted by molar-refractivity contribution is 0.0598. The van der Waals surface area contributed by atoms with Crippen LogP contribution < -0.4 is 5.32 Å². The van der Waals surface area contributed by atoms with E-state index in [-0.39, 0.29) is 5.71 Å². The summed E-state index contributed by atoms with van der Waals surface area (Å²) in [5, 5.41) is 19.6. The van der Waals surface area contributed by atoms with Crippen LogP contribution in [-0.2, 0) is 9.47 Å². The molecule has 0 spiro atoms. The second-order valence-electron chi connectivity index (χ2n) is 8.14. The molecule has 0 saturated carbocycles. The van der Waals surface area contributed by atoms with Crippen LogP contribution >= 0.6 is 0 Å². The molecule has 32 heavy (non-hydrogen) atoms. The number of anilines is 1. The summed E-state index contributed by atoms with van der Waals surface area (Å²) in [7, 11) is 1.32. The fraction of sp³-hybridized carbons (Fsp3) is 0.261. The van der Waals surface area contributed by atoms with Crippen molar-refractivity contribution >= 4 is 23.5 Å². The van der Waals surface area contributed by atoms with E-state index < -0.39 is 17.7 Å². The highest BCUT2D eigenvalue weighted by molar-refractivity contribution is 6.14. The Kier molecular flexibility index (Phi) is 6.38. The number of amides is 1. The number of aromatic nitrogens is 3. The predicted molar refractivity (Wildman–Crippen MR) is 120 cm³/mol. The third-order valence-corrected chi connectivity index (χ3v) is 4.38. The third-order valence-electron chi connectivity index (χ3n) is 4.38.